The maximum Gasteiger partial charge on any atom is 0.338 e. The summed E-state index contributed by atoms with van der Waals surface area (Å²) in [4.78, 5) is 11.5. The highest BCUT2D eigenvalue weighted by Crippen LogP contribution is 2.09. The van der Waals surface area contributed by atoms with Crippen molar-refractivity contribution in [3.8, 4) is 6.07 Å². The van der Waals surface area contributed by atoms with Crippen molar-refractivity contribution in [3.05, 3.63) is 82.9 Å². The lowest BCUT2D eigenvalue weighted by Gasteiger charge is -2.01. The first-order valence-corrected chi connectivity index (χ1v) is 7.35. The molecule has 114 valence electrons. The van der Waals surface area contributed by atoms with Crippen LogP contribution in [0.4, 0.5) is 0 Å². The first kappa shape index (κ1) is 16.3. The quantitative estimate of drug-likeness (QED) is 0.605. The number of nitrogens with zero attached hydrogens (tertiary/aromatic N) is 1. The summed E-state index contributed by atoms with van der Waals surface area (Å²) in [5, 5.41) is 8.74. The van der Waals surface area contributed by atoms with Crippen molar-refractivity contribution < 1.29 is 9.53 Å². The standard InChI is InChI=1S/C20H17NO2/c1-2-23-20(22)19-13-11-17(12-14-19)6-4-3-5-16-7-9-18(15-21)10-8-16/h3-14H,2H2,1H3/b5-3+,6-4+. The summed E-state index contributed by atoms with van der Waals surface area (Å²) >= 11 is 0. The number of allylic oxidation sites excluding steroid dienone is 2. The van der Waals surface area contributed by atoms with Gasteiger partial charge < -0.3 is 4.74 Å². The zero-order valence-electron chi connectivity index (χ0n) is 12.9. The molecule has 0 unspecified atom stereocenters. The van der Waals surface area contributed by atoms with E-state index in [1.54, 1.807) is 31.2 Å². The van der Waals surface area contributed by atoms with Crippen LogP contribution in [0.1, 0.15) is 34.0 Å². The molecular weight excluding hydrogens is 286 g/mol. The lowest BCUT2D eigenvalue weighted by atomic mass is 10.1. The van der Waals surface area contributed by atoms with E-state index in [4.69, 9.17) is 10.00 Å². The Morgan fingerprint density at radius 1 is 1.00 bits per heavy atom. The minimum Gasteiger partial charge on any atom is -0.462 e. The van der Waals surface area contributed by atoms with Crippen molar-refractivity contribution in [2.24, 2.45) is 0 Å². The Morgan fingerprint density at radius 2 is 1.52 bits per heavy atom. The predicted octanol–water partition coefficient (Wildman–Crippen LogP) is 4.46. The van der Waals surface area contributed by atoms with Gasteiger partial charge in [0.2, 0.25) is 0 Å². The van der Waals surface area contributed by atoms with Crippen molar-refractivity contribution >= 4 is 18.1 Å². The lowest BCUT2D eigenvalue weighted by Crippen LogP contribution is -2.03. The fourth-order valence-corrected chi connectivity index (χ4v) is 1.95. The average molecular weight is 303 g/mol. The Morgan fingerprint density at radius 3 is 2.00 bits per heavy atom. The van der Waals surface area contributed by atoms with Crippen LogP contribution in [0.2, 0.25) is 0 Å². The molecule has 3 heteroatoms. The number of rotatable bonds is 5. The molecule has 2 rings (SSSR count). The molecule has 0 fully saturated rings. The Bertz CT molecular complexity index is 748. The first-order valence-electron chi connectivity index (χ1n) is 7.35. The smallest absolute Gasteiger partial charge is 0.338 e. The molecule has 3 nitrogen and oxygen atoms in total. The molecule has 0 aliphatic rings. The Labute approximate surface area is 136 Å². The predicted molar refractivity (Wildman–Crippen MR) is 91.6 cm³/mol. The monoisotopic (exact) mass is 303 g/mol. The van der Waals surface area contributed by atoms with E-state index in [-0.39, 0.29) is 5.97 Å². The molecule has 0 aliphatic heterocycles. The van der Waals surface area contributed by atoms with Crippen molar-refractivity contribution in [1.29, 1.82) is 5.26 Å². The van der Waals surface area contributed by atoms with E-state index in [9.17, 15) is 4.79 Å². The first-order chi connectivity index (χ1) is 11.2. The van der Waals surface area contributed by atoms with Crippen LogP contribution < -0.4 is 0 Å². The summed E-state index contributed by atoms with van der Waals surface area (Å²) in [7, 11) is 0. The highest BCUT2D eigenvalue weighted by Gasteiger charge is 2.04. The lowest BCUT2D eigenvalue weighted by molar-refractivity contribution is 0.0526. The van der Waals surface area contributed by atoms with Gasteiger partial charge in [-0.1, -0.05) is 48.6 Å². The number of hydrogen-bond donors (Lipinski definition) is 0. The Balaban J connectivity index is 1.96. The van der Waals surface area contributed by atoms with Gasteiger partial charge in [-0.15, -0.1) is 0 Å². The highest BCUT2D eigenvalue weighted by molar-refractivity contribution is 5.89. The minimum absolute atomic E-state index is 0.302. The summed E-state index contributed by atoms with van der Waals surface area (Å²) in [5.74, 6) is -0.302. The summed E-state index contributed by atoms with van der Waals surface area (Å²) in [5.41, 5.74) is 3.24. The largest absolute Gasteiger partial charge is 0.462 e. The normalized spacial score (nSPS) is 10.8. The number of nitriles is 1. The van der Waals surface area contributed by atoms with Crippen LogP contribution in [0, 0.1) is 11.3 Å². The minimum atomic E-state index is -0.302. The van der Waals surface area contributed by atoms with Gasteiger partial charge in [-0.05, 0) is 42.3 Å². The fourth-order valence-electron chi connectivity index (χ4n) is 1.95. The van der Waals surface area contributed by atoms with Gasteiger partial charge >= 0.3 is 5.97 Å². The maximum atomic E-state index is 11.5. The van der Waals surface area contributed by atoms with Crippen LogP contribution in [0.15, 0.2) is 60.7 Å². The maximum absolute atomic E-state index is 11.5. The number of carbonyl (C=O) groups excluding carboxylic acids is 1. The molecule has 0 N–H and O–H groups in total. The molecule has 23 heavy (non-hydrogen) atoms. The van der Waals surface area contributed by atoms with Gasteiger partial charge in [-0.25, -0.2) is 4.79 Å². The number of ether oxygens (including phenoxy) is 1. The molecule has 0 amide bonds. The van der Waals surface area contributed by atoms with Gasteiger partial charge in [0.15, 0.2) is 0 Å². The summed E-state index contributed by atoms with van der Waals surface area (Å²) in [6, 6.07) is 16.7. The summed E-state index contributed by atoms with van der Waals surface area (Å²) < 4.78 is 4.94. The third-order valence-electron chi connectivity index (χ3n) is 3.15. The second-order valence-corrected chi connectivity index (χ2v) is 4.79. The van der Waals surface area contributed by atoms with E-state index in [0.29, 0.717) is 17.7 Å². The SMILES string of the molecule is CCOC(=O)c1ccc(/C=C/C=C/c2ccc(C#N)cc2)cc1. The van der Waals surface area contributed by atoms with Gasteiger partial charge in [-0.2, -0.15) is 5.26 Å². The summed E-state index contributed by atoms with van der Waals surface area (Å²) in [6.07, 6.45) is 7.78. The van der Waals surface area contributed by atoms with E-state index < -0.39 is 0 Å². The number of benzene rings is 2. The topological polar surface area (TPSA) is 50.1 Å². The van der Waals surface area contributed by atoms with Crippen LogP contribution in [0.3, 0.4) is 0 Å². The molecule has 2 aromatic rings. The third-order valence-corrected chi connectivity index (χ3v) is 3.15. The molecule has 0 aliphatic carbocycles. The van der Waals surface area contributed by atoms with Gasteiger partial charge in [0, 0.05) is 0 Å². The van der Waals surface area contributed by atoms with Crippen molar-refractivity contribution in [1.82, 2.24) is 0 Å². The van der Waals surface area contributed by atoms with E-state index in [0.717, 1.165) is 11.1 Å². The van der Waals surface area contributed by atoms with Crippen LogP contribution in [0.5, 0.6) is 0 Å². The Kier molecular flexibility index (Phi) is 5.90. The molecule has 0 spiro atoms. The molecule has 0 bridgehead atoms. The van der Waals surface area contributed by atoms with Crippen LogP contribution in [0.25, 0.3) is 12.2 Å². The fraction of sp³-hybridized carbons (Fsp3) is 0.100. The van der Waals surface area contributed by atoms with Crippen LogP contribution >= 0.6 is 0 Å². The second kappa shape index (κ2) is 8.35. The number of esters is 1. The second-order valence-electron chi connectivity index (χ2n) is 4.79. The average Bonchev–Trinajstić information content (AvgIpc) is 2.60. The van der Waals surface area contributed by atoms with Gasteiger partial charge in [0.1, 0.15) is 0 Å². The molecule has 0 saturated heterocycles. The zero-order valence-corrected chi connectivity index (χ0v) is 12.9. The highest BCUT2D eigenvalue weighted by atomic mass is 16.5. The van der Waals surface area contributed by atoms with E-state index in [2.05, 4.69) is 6.07 Å². The molecular formula is C20H17NO2. The Hall–Kier alpha value is -3.12. The molecule has 0 aromatic heterocycles. The van der Waals surface area contributed by atoms with Gasteiger partial charge in [0.25, 0.3) is 0 Å². The van der Waals surface area contributed by atoms with Gasteiger partial charge in [0.05, 0.1) is 23.8 Å². The molecule has 0 saturated carbocycles. The van der Waals surface area contributed by atoms with Crippen molar-refractivity contribution in [2.45, 2.75) is 6.92 Å². The third kappa shape index (κ3) is 4.98. The van der Waals surface area contributed by atoms with E-state index in [1.165, 1.54) is 0 Å². The zero-order chi connectivity index (χ0) is 16.5. The van der Waals surface area contributed by atoms with Crippen LogP contribution in [-0.2, 0) is 4.74 Å². The number of carbonyl (C=O) groups is 1. The molecule has 2 aromatic carbocycles. The van der Waals surface area contributed by atoms with Crippen molar-refractivity contribution in [3.63, 3.8) is 0 Å². The van der Waals surface area contributed by atoms with Gasteiger partial charge in [-0.3, -0.25) is 0 Å². The van der Waals surface area contributed by atoms with E-state index >= 15 is 0 Å². The molecule has 0 radical (unpaired) electrons. The summed E-state index contributed by atoms with van der Waals surface area (Å²) in [6.45, 7) is 2.16. The molecule has 0 atom stereocenters. The number of hydrogen-bond acceptors (Lipinski definition) is 3. The van der Waals surface area contributed by atoms with E-state index in [1.807, 2.05) is 48.6 Å². The van der Waals surface area contributed by atoms with Crippen LogP contribution in [-0.4, -0.2) is 12.6 Å². The van der Waals surface area contributed by atoms with Crippen molar-refractivity contribution in [2.75, 3.05) is 6.61 Å². The molecule has 0 heterocycles.